The number of carbonyl (C=O) groups excluding carboxylic acids is 2. The first kappa shape index (κ1) is 40.1. The van der Waals surface area contributed by atoms with Gasteiger partial charge in [0.05, 0.1) is 25.0 Å². The normalized spacial score (nSPS) is 22.1. The number of hydrogen-bond acceptors (Lipinski definition) is 6. The Labute approximate surface area is 303 Å². The summed E-state index contributed by atoms with van der Waals surface area (Å²) in [5.41, 5.74) is 4.72. The maximum Gasteiger partial charge on any atom is 0.308 e. The van der Waals surface area contributed by atoms with Crippen molar-refractivity contribution >= 4 is 11.9 Å². The molecule has 2 aromatic carbocycles. The standard InChI is InChI=1S/C44H66O6/c1-5-7-9-11-33-13-21-37(22-14-33)39-25-17-35(18-26-39)31-49-43(45)29-41(47-3)42(48-4)30-44(46)50-32-36-19-27-40(28-20-36)38-23-15-34(16-24-38)12-10-8-6-2/h17-20,25-28,33-34,37-38,41-42H,5-16,21-24,29-32H2,1-4H3/t33?,34?,37?,38?,41-,42-/m1/s1. The zero-order valence-corrected chi connectivity index (χ0v) is 31.7. The Hall–Kier alpha value is -2.70. The van der Waals surface area contributed by atoms with Gasteiger partial charge in [0.2, 0.25) is 0 Å². The molecule has 2 aliphatic carbocycles. The number of benzene rings is 2. The third-order valence-corrected chi connectivity index (χ3v) is 11.6. The first-order valence-electron chi connectivity index (χ1n) is 20.0. The first-order chi connectivity index (χ1) is 24.4. The number of ether oxygens (including phenoxy) is 4. The number of esters is 2. The summed E-state index contributed by atoms with van der Waals surface area (Å²) >= 11 is 0. The van der Waals surface area contributed by atoms with Crippen LogP contribution in [0, 0.1) is 11.8 Å². The van der Waals surface area contributed by atoms with E-state index in [0.717, 1.165) is 23.0 Å². The van der Waals surface area contributed by atoms with Gasteiger partial charge in [0.25, 0.3) is 0 Å². The monoisotopic (exact) mass is 690 g/mol. The Morgan fingerprint density at radius 1 is 0.560 bits per heavy atom. The van der Waals surface area contributed by atoms with Gasteiger partial charge in [-0.15, -0.1) is 0 Å². The molecule has 2 atom stereocenters. The lowest BCUT2D eigenvalue weighted by molar-refractivity contribution is -0.156. The molecule has 2 aliphatic rings. The summed E-state index contributed by atoms with van der Waals surface area (Å²) in [6.07, 6.45) is 20.0. The fraction of sp³-hybridized carbons (Fsp3) is 0.682. The average molecular weight is 691 g/mol. The Balaban J connectivity index is 1.14. The molecule has 0 heterocycles. The minimum absolute atomic E-state index is 0.00994. The van der Waals surface area contributed by atoms with Crippen LogP contribution in [0.3, 0.4) is 0 Å². The van der Waals surface area contributed by atoms with Crippen LogP contribution in [-0.4, -0.2) is 38.4 Å². The van der Waals surface area contributed by atoms with Crippen LogP contribution >= 0.6 is 0 Å². The number of carbonyl (C=O) groups is 2. The van der Waals surface area contributed by atoms with Crippen molar-refractivity contribution in [2.45, 2.75) is 167 Å². The molecule has 2 fully saturated rings. The summed E-state index contributed by atoms with van der Waals surface area (Å²) in [7, 11) is 3.04. The maximum absolute atomic E-state index is 12.8. The molecule has 0 N–H and O–H groups in total. The Bertz CT molecular complexity index is 1130. The summed E-state index contributed by atoms with van der Waals surface area (Å²) < 4.78 is 22.3. The van der Waals surface area contributed by atoms with E-state index in [9.17, 15) is 9.59 Å². The van der Waals surface area contributed by atoms with E-state index in [1.807, 2.05) is 0 Å². The van der Waals surface area contributed by atoms with E-state index in [0.29, 0.717) is 11.8 Å². The summed E-state index contributed by atoms with van der Waals surface area (Å²) in [5.74, 6) is 2.30. The Morgan fingerprint density at radius 2 is 0.920 bits per heavy atom. The lowest BCUT2D eigenvalue weighted by Gasteiger charge is -2.29. The maximum atomic E-state index is 12.8. The third-order valence-electron chi connectivity index (χ3n) is 11.6. The summed E-state index contributed by atoms with van der Waals surface area (Å²) in [4.78, 5) is 25.6. The van der Waals surface area contributed by atoms with E-state index in [4.69, 9.17) is 18.9 Å². The van der Waals surface area contributed by atoms with Gasteiger partial charge in [0.15, 0.2) is 0 Å². The molecule has 0 saturated heterocycles. The second kappa shape index (κ2) is 22.3. The van der Waals surface area contributed by atoms with Crippen LogP contribution < -0.4 is 0 Å². The minimum Gasteiger partial charge on any atom is -0.461 e. The van der Waals surface area contributed by atoms with E-state index in [-0.39, 0.29) is 38.0 Å². The summed E-state index contributed by atoms with van der Waals surface area (Å²) in [6.45, 7) is 4.96. The largest absolute Gasteiger partial charge is 0.461 e. The van der Waals surface area contributed by atoms with Crippen LogP contribution in [0.1, 0.15) is 164 Å². The highest BCUT2D eigenvalue weighted by atomic mass is 16.6. The molecule has 50 heavy (non-hydrogen) atoms. The van der Waals surface area contributed by atoms with Crippen molar-refractivity contribution in [2.75, 3.05) is 14.2 Å². The van der Waals surface area contributed by atoms with E-state index in [2.05, 4.69) is 62.4 Å². The van der Waals surface area contributed by atoms with Crippen molar-refractivity contribution in [3.05, 3.63) is 70.8 Å². The van der Waals surface area contributed by atoms with E-state index >= 15 is 0 Å². The molecule has 2 saturated carbocycles. The molecule has 6 nitrogen and oxygen atoms in total. The number of hydrogen-bond donors (Lipinski definition) is 0. The zero-order chi connectivity index (χ0) is 35.6. The van der Waals surface area contributed by atoms with Crippen molar-refractivity contribution in [2.24, 2.45) is 11.8 Å². The fourth-order valence-electron chi connectivity index (χ4n) is 8.21. The highest BCUT2D eigenvalue weighted by Crippen LogP contribution is 2.39. The second-order valence-electron chi connectivity index (χ2n) is 15.2. The highest BCUT2D eigenvalue weighted by Gasteiger charge is 2.28. The first-order valence-corrected chi connectivity index (χ1v) is 20.0. The molecule has 0 unspecified atom stereocenters. The van der Waals surface area contributed by atoms with Gasteiger partial charge in [-0.05, 0) is 97.3 Å². The number of rotatable bonds is 21. The second-order valence-corrected chi connectivity index (χ2v) is 15.2. The highest BCUT2D eigenvalue weighted by molar-refractivity contribution is 5.72. The van der Waals surface area contributed by atoms with Gasteiger partial charge in [0, 0.05) is 14.2 Å². The smallest absolute Gasteiger partial charge is 0.308 e. The van der Waals surface area contributed by atoms with Crippen LogP contribution in [-0.2, 0) is 41.8 Å². The van der Waals surface area contributed by atoms with Gasteiger partial charge in [-0.25, -0.2) is 0 Å². The third kappa shape index (κ3) is 13.5. The molecule has 2 aromatic rings. The lowest BCUT2D eigenvalue weighted by Crippen LogP contribution is -2.35. The lowest BCUT2D eigenvalue weighted by atomic mass is 9.77. The van der Waals surface area contributed by atoms with Gasteiger partial charge in [-0.2, -0.15) is 0 Å². The quantitative estimate of drug-likeness (QED) is 0.0959. The summed E-state index contributed by atoms with van der Waals surface area (Å²) in [6, 6.07) is 17.1. The van der Waals surface area contributed by atoms with Crippen LogP contribution in [0.25, 0.3) is 0 Å². The average Bonchev–Trinajstić information content (AvgIpc) is 3.15. The fourth-order valence-corrected chi connectivity index (χ4v) is 8.21. The molecular formula is C44H66O6. The van der Waals surface area contributed by atoms with E-state index in [1.165, 1.54) is 128 Å². The molecule has 278 valence electrons. The van der Waals surface area contributed by atoms with Crippen LogP contribution in [0.5, 0.6) is 0 Å². The molecule has 4 rings (SSSR count). The van der Waals surface area contributed by atoms with Crippen molar-refractivity contribution < 1.29 is 28.5 Å². The molecule has 0 aromatic heterocycles. The van der Waals surface area contributed by atoms with Crippen molar-refractivity contribution in [1.29, 1.82) is 0 Å². The van der Waals surface area contributed by atoms with Gasteiger partial charge in [-0.3, -0.25) is 9.59 Å². The zero-order valence-electron chi connectivity index (χ0n) is 31.7. The van der Waals surface area contributed by atoms with Gasteiger partial charge >= 0.3 is 11.9 Å². The van der Waals surface area contributed by atoms with Crippen molar-refractivity contribution in [1.82, 2.24) is 0 Å². The van der Waals surface area contributed by atoms with Crippen LogP contribution in [0.15, 0.2) is 48.5 Å². The van der Waals surface area contributed by atoms with Crippen LogP contribution in [0.4, 0.5) is 0 Å². The SMILES string of the molecule is CCCCCC1CCC(c2ccc(COC(=O)C[C@@H](OC)[C@@H](CC(=O)OCc3ccc(C4CCC(CCCCC)CC4)cc3)OC)cc2)CC1. The predicted octanol–water partition coefficient (Wildman–Crippen LogP) is 11.0. The number of methoxy groups -OCH3 is 2. The van der Waals surface area contributed by atoms with Crippen molar-refractivity contribution in [3.63, 3.8) is 0 Å². The molecule has 0 aliphatic heterocycles. The number of unbranched alkanes of at least 4 members (excludes halogenated alkanes) is 4. The topological polar surface area (TPSA) is 71.1 Å². The van der Waals surface area contributed by atoms with Gasteiger partial charge < -0.3 is 18.9 Å². The molecule has 0 amide bonds. The van der Waals surface area contributed by atoms with E-state index in [1.54, 1.807) is 0 Å². The minimum atomic E-state index is -0.624. The molecule has 0 spiro atoms. The molecule has 0 radical (unpaired) electrons. The summed E-state index contributed by atoms with van der Waals surface area (Å²) in [5, 5.41) is 0. The molecular weight excluding hydrogens is 624 g/mol. The molecule has 6 heteroatoms. The van der Waals surface area contributed by atoms with Crippen molar-refractivity contribution in [3.8, 4) is 0 Å². The molecule has 0 bridgehead atoms. The Morgan fingerprint density at radius 3 is 1.24 bits per heavy atom. The van der Waals surface area contributed by atoms with Crippen LogP contribution in [0.2, 0.25) is 0 Å². The van der Waals surface area contributed by atoms with E-state index < -0.39 is 12.2 Å². The van der Waals surface area contributed by atoms with Gasteiger partial charge in [0.1, 0.15) is 13.2 Å². The Kier molecular flexibility index (Phi) is 17.9. The van der Waals surface area contributed by atoms with Gasteiger partial charge in [-0.1, -0.05) is 114 Å². The predicted molar refractivity (Wildman–Crippen MR) is 201 cm³/mol.